The molecule has 0 spiro atoms. The van der Waals surface area contributed by atoms with Crippen LogP contribution < -0.4 is 10.5 Å². The number of halogens is 1. The third-order valence-electron chi connectivity index (χ3n) is 2.50. The minimum absolute atomic E-state index is 0.0133. The SMILES string of the molecule is CCCC(C)Oc1c(F)cccc1C(C)N. The molecule has 16 heavy (non-hydrogen) atoms. The topological polar surface area (TPSA) is 35.2 Å². The maximum Gasteiger partial charge on any atom is 0.165 e. The minimum Gasteiger partial charge on any atom is -0.487 e. The third kappa shape index (κ3) is 3.20. The zero-order valence-electron chi connectivity index (χ0n) is 10.2. The van der Waals surface area contributed by atoms with Gasteiger partial charge in [-0.2, -0.15) is 0 Å². The molecule has 0 heterocycles. The highest BCUT2D eigenvalue weighted by molar-refractivity contribution is 5.37. The molecule has 0 aliphatic rings. The lowest BCUT2D eigenvalue weighted by molar-refractivity contribution is 0.198. The van der Waals surface area contributed by atoms with E-state index in [9.17, 15) is 4.39 Å². The predicted molar refractivity (Wildman–Crippen MR) is 64.0 cm³/mol. The number of hydrogen-bond acceptors (Lipinski definition) is 2. The van der Waals surface area contributed by atoms with Gasteiger partial charge in [0.1, 0.15) is 0 Å². The standard InChI is InChI=1S/C13H20FNO/c1-4-6-9(2)16-13-11(10(3)15)7-5-8-12(13)14/h5,7-10H,4,6,15H2,1-3H3. The van der Waals surface area contributed by atoms with E-state index in [1.54, 1.807) is 6.07 Å². The van der Waals surface area contributed by atoms with Crippen LogP contribution in [-0.4, -0.2) is 6.10 Å². The van der Waals surface area contributed by atoms with Crippen molar-refractivity contribution in [2.45, 2.75) is 45.8 Å². The van der Waals surface area contributed by atoms with Gasteiger partial charge in [-0.3, -0.25) is 0 Å². The highest BCUT2D eigenvalue weighted by atomic mass is 19.1. The van der Waals surface area contributed by atoms with Gasteiger partial charge in [0.25, 0.3) is 0 Å². The van der Waals surface area contributed by atoms with Gasteiger partial charge in [-0.25, -0.2) is 4.39 Å². The second-order valence-corrected chi connectivity index (χ2v) is 4.16. The van der Waals surface area contributed by atoms with E-state index in [0.29, 0.717) is 5.75 Å². The Labute approximate surface area is 96.6 Å². The van der Waals surface area contributed by atoms with Crippen LogP contribution in [0.25, 0.3) is 0 Å². The smallest absolute Gasteiger partial charge is 0.165 e. The Kier molecular flexibility index (Phi) is 4.74. The van der Waals surface area contributed by atoms with E-state index in [1.165, 1.54) is 6.07 Å². The molecule has 0 aromatic heterocycles. The molecule has 0 aliphatic heterocycles. The zero-order valence-corrected chi connectivity index (χ0v) is 10.2. The van der Waals surface area contributed by atoms with Crippen LogP contribution in [0.4, 0.5) is 4.39 Å². The molecule has 0 saturated carbocycles. The zero-order chi connectivity index (χ0) is 12.1. The summed E-state index contributed by atoms with van der Waals surface area (Å²) in [4.78, 5) is 0. The van der Waals surface area contributed by atoms with Gasteiger partial charge < -0.3 is 10.5 Å². The fraction of sp³-hybridized carbons (Fsp3) is 0.538. The summed E-state index contributed by atoms with van der Waals surface area (Å²) in [6.45, 7) is 5.85. The Hall–Kier alpha value is -1.09. The normalized spacial score (nSPS) is 14.6. The average molecular weight is 225 g/mol. The second kappa shape index (κ2) is 5.85. The Morgan fingerprint density at radius 3 is 2.62 bits per heavy atom. The first-order valence-corrected chi connectivity index (χ1v) is 5.76. The van der Waals surface area contributed by atoms with Gasteiger partial charge in [0.05, 0.1) is 6.10 Å². The molecular weight excluding hydrogens is 205 g/mol. The van der Waals surface area contributed by atoms with Gasteiger partial charge in [0.2, 0.25) is 0 Å². The van der Waals surface area contributed by atoms with E-state index in [4.69, 9.17) is 10.5 Å². The Bertz CT molecular complexity index is 339. The van der Waals surface area contributed by atoms with Crippen LogP contribution >= 0.6 is 0 Å². The number of hydrogen-bond donors (Lipinski definition) is 1. The van der Waals surface area contributed by atoms with Crippen molar-refractivity contribution in [3.8, 4) is 5.75 Å². The average Bonchev–Trinajstić information content (AvgIpc) is 2.21. The molecular formula is C13H20FNO. The van der Waals surface area contributed by atoms with Crippen molar-refractivity contribution in [1.29, 1.82) is 0 Å². The lowest BCUT2D eigenvalue weighted by atomic mass is 10.1. The van der Waals surface area contributed by atoms with Gasteiger partial charge >= 0.3 is 0 Å². The summed E-state index contributed by atoms with van der Waals surface area (Å²) in [6.07, 6.45) is 1.94. The third-order valence-corrected chi connectivity index (χ3v) is 2.50. The Morgan fingerprint density at radius 1 is 1.38 bits per heavy atom. The number of benzene rings is 1. The molecule has 1 rings (SSSR count). The van der Waals surface area contributed by atoms with Crippen LogP contribution in [0.2, 0.25) is 0 Å². The van der Waals surface area contributed by atoms with E-state index in [2.05, 4.69) is 6.92 Å². The second-order valence-electron chi connectivity index (χ2n) is 4.16. The van der Waals surface area contributed by atoms with Crippen LogP contribution in [0.1, 0.15) is 45.2 Å². The summed E-state index contributed by atoms with van der Waals surface area (Å²) in [5, 5.41) is 0. The van der Waals surface area contributed by atoms with E-state index >= 15 is 0 Å². The Morgan fingerprint density at radius 2 is 2.06 bits per heavy atom. The molecule has 0 fully saturated rings. The molecule has 3 heteroatoms. The summed E-state index contributed by atoms with van der Waals surface area (Å²) in [7, 11) is 0. The van der Waals surface area contributed by atoms with Crippen LogP contribution in [0.3, 0.4) is 0 Å². The minimum atomic E-state index is -0.335. The van der Waals surface area contributed by atoms with Crippen LogP contribution in [0.5, 0.6) is 5.75 Å². The highest BCUT2D eigenvalue weighted by Gasteiger charge is 2.15. The van der Waals surface area contributed by atoms with Crippen LogP contribution in [0, 0.1) is 5.82 Å². The maximum atomic E-state index is 13.6. The summed E-state index contributed by atoms with van der Waals surface area (Å²) in [5.74, 6) is -0.0313. The molecule has 2 atom stereocenters. The molecule has 1 aromatic rings. The van der Waals surface area contributed by atoms with Crippen molar-refractivity contribution < 1.29 is 9.13 Å². The van der Waals surface area contributed by atoms with Crippen molar-refractivity contribution >= 4 is 0 Å². The van der Waals surface area contributed by atoms with Gasteiger partial charge in [-0.15, -0.1) is 0 Å². The van der Waals surface area contributed by atoms with Crippen molar-refractivity contribution in [3.63, 3.8) is 0 Å². The Balaban J connectivity index is 2.92. The summed E-state index contributed by atoms with van der Waals surface area (Å²) < 4.78 is 19.3. The summed E-state index contributed by atoms with van der Waals surface area (Å²) >= 11 is 0. The molecule has 0 amide bonds. The molecule has 0 bridgehead atoms. The molecule has 0 radical (unpaired) electrons. The van der Waals surface area contributed by atoms with E-state index in [1.807, 2.05) is 19.9 Å². The van der Waals surface area contributed by atoms with E-state index < -0.39 is 0 Å². The van der Waals surface area contributed by atoms with Gasteiger partial charge in [-0.1, -0.05) is 25.5 Å². The molecule has 0 aliphatic carbocycles. The fourth-order valence-corrected chi connectivity index (χ4v) is 1.68. The van der Waals surface area contributed by atoms with Crippen LogP contribution in [-0.2, 0) is 0 Å². The fourth-order valence-electron chi connectivity index (χ4n) is 1.68. The maximum absolute atomic E-state index is 13.6. The van der Waals surface area contributed by atoms with Gasteiger partial charge in [-0.05, 0) is 26.3 Å². The largest absolute Gasteiger partial charge is 0.487 e. The first-order chi connectivity index (χ1) is 7.56. The van der Waals surface area contributed by atoms with Gasteiger partial charge in [0.15, 0.2) is 11.6 Å². The molecule has 1 aromatic carbocycles. The molecule has 2 nitrogen and oxygen atoms in total. The summed E-state index contributed by atoms with van der Waals surface area (Å²) in [5.41, 5.74) is 6.51. The van der Waals surface area contributed by atoms with E-state index in [0.717, 1.165) is 18.4 Å². The van der Waals surface area contributed by atoms with Gasteiger partial charge in [0, 0.05) is 11.6 Å². The van der Waals surface area contributed by atoms with Crippen LogP contribution in [0.15, 0.2) is 18.2 Å². The van der Waals surface area contributed by atoms with E-state index in [-0.39, 0.29) is 18.0 Å². The summed E-state index contributed by atoms with van der Waals surface area (Å²) in [6, 6.07) is 4.65. The molecule has 2 unspecified atom stereocenters. The molecule has 0 saturated heterocycles. The highest BCUT2D eigenvalue weighted by Crippen LogP contribution is 2.28. The lowest BCUT2D eigenvalue weighted by Gasteiger charge is -2.19. The first kappa shape index (κ1) is 13.0. The molecule has 2 N–H and O–H groups in total. The quantitative estimate of drug-likeness (QED) is 0.833. The van der Waals surface area contributed by atoms with Crippen molar-refractivity contribution in [2.24, 2.45) is 5.73 Å². The van der Waals surface area contributed by atoms with Crippen molar-refractivity contribution in [1.82, 2.24) is 0 Å². The van der Waals surface area contributed by atoms with Crippen molar-refractivity contribution in [2.75, 3.05) is 0 Å². The monoisotopic (exact) mass is 225 g/mol. The predicted octanol–water partition coefficient (Wildman–Crippen LogP) is 3.41. The number of rotatable bonds is 5. The number of nitrogens with two attached hydrogens (primary N) is 1. The molecule has 90 valence electrons. The lowest BCUT2D eigenvalue weighted by Crippen LogP contribution is -2.16. The van der Waals surface area contributed by atoms with Crippen molar-refractivity contribution in [3.05, 3.63) is 29.6 Å². The number of ether oxygens (including phenoxy) is 1. The number of para-hydroxylation sites is 1. The first-order valence-electron chi connectivity index (χ1n) is 5.76.